The fourth-order valence-electron chi connectivity index (χ4n) is 1.76. The van der Waals surface area contributed by atoms with Crippen LogP contribution in [-0.4, -0.2) is 40.3 Å². The SMILES string of the molecule is COC1CC(NC(=O)c2n[nH]c(C(C)C)n2)C1. The second-order valence-electron chi connectivity index (χ2n) is 4.70. The summed E-state index contributed by atoms with van der Waals surface area (Å²) < 4.78 is 5.15. The Morgan fingerprint density at radius 1 is 1.53 bits per heavy atom. The van der Waals surface area contributed by atoms with E-state index in [1.807, 2.05) is 13.8 Å². The molecular weight excluding hydrogens is 220 g/mol. The van der Waals surface area contributed by atoms with Crippen molar-refractivity contribution in [2.75, 3.05) is 7.11 Å². The number of carbonyl (C=O) groups excluding carboxylic acids is 1. The zero-order valence-electron chi connectivity index (χ0n) is 10.4. The van der Waals surface area contributed by atoms with Gasteiger partial charge in [0, 0.05) is 19.1 Å². The van der Waals surface area contributed by atoms with Crippen LogP contribution in [0.25, 0.3) is 0 Å². The molecule has 0 spiro atoms. The van der Waals surface area contributed by atoms with Crippen molar-refractivity contribution in [1.82, 2.24) is 20.5 Å². The van der Waals surface area contributed by atoms with Crippen LogP contribution < -0.4 is 5.32 Å². The van der Waals surface area contributed by atoms with Gasteiger partial charge in [-0.3, -0.25) is 9.89 Å². The van der Waals surface area contributed by atoms with Crippen LogP contribution in [0, 0.1) is 0 Å². The number of H-pyrrole nitrogens is 1. The van der Waals surface area contributed by atoms with Crippen molar-refractivity contribution in [2.24, 2.45) is 0 Å². The Hall–Kier alpha value is -1.43. The van der Waals surface area contributed by atoms with Crippen molar-refractivity contribution < 1.29 is 9.53 Å². The third-order valence-corrected chi connectivity index (χ3v) is 3.02. The van der Waals surface area contributed by atoms with Crippen LogP contribution in [0.4, 0.5) is 0 Å². The number of ether oxygens (including phenoxy) is 1. The van der Waals surface area contributed by atoms with E-state index in [0.29, 0.717) is 0 Å². The topological polar surface area (TPSA) is 79.9 Å². The smallest absolute Gasteiger partial charge is 0.291 e. The third kappa shape index (κ3) is 2.63. The highest BCUT2D eigenvalue weighted by molar-refractivity contribution is 5.90. The monoisotopic (exact) mass is 238 g/mol. The highest BCUT2D eigenvalue weighted by Gasteiger charge is 2.31. The number of carbonyl (C=O) groups is 1. The highest BCUT2D eigenvalue weighted by atomic mass is 16.5. The first-order valence-corrected chi connectivity index (χ1v) is 5.86. The summed E-state index contributed by atoms with van der Waals surface area (Å²) in [5.74, 6) is 0.978. The second kappa shape index (κ2) is 4.83. The number of nitrogens with zero attached hydrogens (tertiary/aromatic N) is 2. The van der Waals surface area contributed by atoms with Crippen molar-refractivity contribution in [3.05, 3.63) is 11.6 Å². The van der Waals surface area contributed by atoms with Gasteiger partial charge in [0.25, 0.3) is 5.91 Å². The van der Waals surface area contributed by atoms with Crippen LogP contribution >= 0.6 is 0 Å². The van der Waals surface area contributed by atoms with Crippen molar-refractivity contribution in [3.8, 4) is 0 Å². The molecule has 0 aromatic carbocycles. The summed E-state index contributed by atoms with van der Waals surface area (Å²) in [6.07, 6.45) is 2.01. The predicted octanol–water partition coefficient (Wildman–Crippen LogP) is 0.835. The lowest BCUT2D eigenvalue weighted by atomic mass is 9.89. The normalized spacial score (nSPS) is 23.5. The summed E-state index contributed by atoms with van der Waals surface area (Å²) in [6, 6.07) is 0.188. The molecule has 0 saturated heterocycles. The third-order valence-electron chi connectivity index (χ3n) is 3.02. The van der Waals surface area contributed by atoms with Gasteiger partial charge in [0.2, 0.25) is 5.82 Å². The molecule has 1 aliphatic rings. The van der Waals surface area contributed by atoms with Gasteiger partial charge >= 0.3 is 0 Å². The second-order valence-corrected chi connectivity index (χ2v) is 4.70. The Bertz CT molecular complexity index is 396. The molecule has 0 bridgehead atoms. The van der Waals surface area contributed by atoms with Crippen molar-refractivity contribution >= 4 is 5.91 Å². The molecule has 94 valence electrons. The summed E-state index contributed by atoms with van der Waals surface area (Å²) in [5.41, 5.74) is 0. The summed E-state index contributed by atoms with van der Waals surface area (Å²) in [5, 5.41) is 9.56. The maximum atomic E-state index is 11.8. The molecule has 1 heterocycles. The number of amides is 1. The molecule has 0 radical (unpaired) electrons. The van der Waals surface area contributed by atoms with Gasteiger partial charge < -0.3 is 10.1 Å². The zero-order valence-corrected chi connectivity index (χ0v) is 10.4. The maximum absolute atomic E-state index is 11.8. The molecule has 1 amide bonds. The van der Waals surface area contributed by atoms with E-state index >= 15 is 0 Å². The van der Waals surface area contributed by atoms with E-state index in [0.717, 1.165) is 18.7 Å². The van der Waals surface area contributed by atoms with E-state index < -0.39 is 0 Å². The fourth-order valence-corrected chi connectivity index (χ4v) is 1.76. The minimum Gasteiger partial charge on any atom is -0.381 e. The molecule has 1 fully saturated rings. The zero-order chi connectivity index (χ0) is 12.4. The Morgan fingerprint density at radius 3 is 2.76 bits per heavy atom. The molecule has 6 heteroatoms. The van der Waals surface area contributed by atoms with E-state index in [9.17, 15) is 4.79 Å². The lowest BCUT2D eigenvalue weighted by Gasteiger charge is -2.34. The predicted molar refractivity (Wildman–Crippen MR) is 61.8 cm³/mol. The van der Waals surface area contributed by atoms with E-state index in [1.54, 1.807) is 7.11 Å². The Morgan fingerprint density at radius 2 is 2.24 bits per heavy atom. The lowest BCUT2D eigenvalue weighted by molar-refractivity contribution is 0.0174. The number of hydrogen-bond acceptors (Lipinski definition) is 4. The van der Waals surface area contributed by atoms with Gasteiger partial charge in [-0.15, -0.1) is 5.10 Å². The van der Waals surface area contributed by atoms with Gasteiger partial charge in [0.1, 0.15) is 5.82 Å². The van der Waals surface area contributed by atoms with Gasteiger partial charge in [0.15, 0.2) is 0 Å². The number of rotatable bonds is 4. The number of nitrogens with one attached hydrogen (secondary N) is 2. The number of aromatic amines is 1. The van der Waals surface area contributed by atoms with Gasteiger partial charge in [0.05, 0.1) is 6.10 Å². The molecule has 1 saturated carbocycles. The molecule has 0 aliphatic heterocycles. The standard InChI is InChI=1S/C11H18N4O2/c1-6(2)9-13-10(15-14-9)11(16)12-7-4-8(5-7)17-3/h6-8H,4-5H2,1-3H3,(H,12,16)(H,13,14,15). The summed E-state index contributed by atoms with van der Waals surface area (Å²) in [6.45, 7) is 3.99. The molecule has 2 rings (SSSR count). The van der Waals surface area contributed by atoms with E-state index in [2.05, 4.69) is 20.5 Å². The summed E-state index contributed by atoms with van der Waals surface area (Å²) >= 11 is 0. The van der Waals surface area contributed by atoms with E-state index in [4.69, 9.17) is 4.74 Å². The maximum Gasteiger partial charge on any atom is 0.291 e. The van der Waals surface area contributed by atoms with Crippen LogP contribution in [0.5, 0.6) is 0 Å². The fraction of sp³-hybridized carbons (Fsp3) is 0.727. The Kier molecular flexibility index (Phi) is 3.42. The van der Waals surface area contributed by atoms with Gasteiger partial charge in [-0.25, -0.2) is 4.98 Å². The molecule has 1 aromatic rings. The first kappa shape index (κ1) is 12.0. The van der Waals surface area contributed by atoms with Crippen LogP contribution in [0.2, 0.25) is 0 Å². The van der Waals surface area contributed by atoms with Crippen LogP contribution in [0.3, 0.4) is 0 Å². The first-order valence-electron chi connectivity index (χ1n) is 5.86. The van der Waals surface area contributed by atoms with Crippen LogP contribution in [0.15, 0.2) is 0 Å². The van der Waals surface area contributed by atoms with Gasteiger partial charge in [-0.1, -0.05) is 13.8 Å². The van der Waals surface area contributed by atoms with Crippen molar-refractivity contribution in [3.63, 3.8) is 0 Å². The minimum atomic E-state index is -0.215. The van der Waals surface area contributed by atoms with Gasteiger partial charge in [-0.05, 0) is 12.8 Å². The molecule has 0 atom stereocenters. The van der Waals surface area contributed by atoms with Crippen molar-refractivity contribution in [2.45, 2.75) is 44.8 Å². The molecule has 6 nitrogen and oxygen atoms in total. The van der Waals surface area contributed by atoms with Gasteiger partial charge in [-0.2, -0.15) is 0 Å². The first-order chi connectivity index (χ1) is 8.10. The minimum absolute atomic E-state index is 0.188. The van der Waals surface area contributed by atoms with Crippen LogP contribution in [-0.2, 0) is 4.74 Å². The molecule has 17 heavy (non-hydrogen) atoms. The molecule has 0 unspecified atom stereocenters. The summed E-state index contributed by atoms with van der Waals surface area (Å²) in [4.78, 5) is 15.9. The Balaban J connectivity index is 1.87. The quantitative estimate of drug-likeness (QED) is 0.814. The lowest BCUT2D eigenvalue weighted by Crippen LogP contribution is -2.47. The van der Waals surface area contributed by atoms with Crippen molar-refractivity contribution in [1.29, 1.82) is 0 Å². The number of hydrogen-bond donors (Lipinski definition) is 2. The Labute approximate surface area is 100 Å². The van der Waals surface area contributed by atoms with Crippen LogP contribution in [0.1, 0.15) is 49.1 Å². The average Bonchev–Trinajstić information content (AvgIpc) is 2.71. The highest BCUT2D eigenvalue weighted by Crippen LogP contribution is 2.22. The average molecular weight is 238 g/mol. The van der Waals surface area contributed by atoms with E-state index in [-0.39, 0.29) is 29.8 Å². The molecule has 2 N–H and O–H groups in total. The number of aromatic nitrogens is 3. The molecular formula is C11H18N4O2. The molecule has 1 aliphatic carbocycles. The molecule has 1 aromatic heterocycles. The number of methoxy groups -OCH3 is 1. The summed E-state index contributed by atoms with van der Waals surface area (Å²) in [7, 11) is 1.69. The largest absolute Gasteiger partial charge is 0.381 e. The van der Waals surface area contributed by atoms with E-state index in [1.165, 1.54) is 0 Å².